The average Bonchev–Trinajstić information content (AvgIpc) is 3.54. The fraction of sp³-hybridized carbons (Fsp3) is 0.0400. The summed E-state index contributed by atoms with van der Waals surface area (Å²) in [6.07, 6.45) is 3.78. The van der Waals surface area contributed by atoms with E-state index in [1.807, 2.05) is 60.8 Å². The molecule has 6 nitrogen and oxygen atoms in total. The van der Waals surface area contributed by atoms with E-state index in [9.17, 15) is 4.79 Å². The van der Waals surface area contributed by atoms with Gasteiger partial charge in [0.2, 0.25) is 6.79 Å². The molecule has 0 bridgehead atoms. The molecule has 31 heavy (non-hydrogen) atoms. The van der Waals surface area contributed by atoms with Crippen LogP contribution in [0.3, 0.4) is 0 Å². The van der Waals surface area contributed by atoms with Gasteiger partial charge < -0.3 is 19.4 Å². The van der Waals surface area contributed by atoms with Gasteiger partial charge in [-0.3, -0.25) is 4.79 Å². The third-order valence-electron chi connectivity index (χ3n) is 5.44. The third kappa shape index (κ3) is 2.97. The maximum absolute atomic E-state index is 13.6. The van der Waals surface area contributed by atoms with Crippen LogP contribution in [0.5, 0.6) is 11.5 Å². The van der Waals surface area contributed by atoms with Crippen LogP contribution in [0, 0.1) is 0 Å². The number of nitrogens with one attached hydrogen (secondary N) is 2. The van der Waals surface area contributed by atoms with E-state index in [1.54, 1.807) is 18.2 Å². The maximum Gasteiger partial charge on any atom is 0.231 e. The molecule has 0 amide bonds. The van der Waals surface area contributed by atoms with Crippen LogP contribution >= 0.6 is 0 Å². The summed E-state index contributed by atoms with van der Waals surface area (Å²) < 4.78 is 10.8. The Morgan fingerprint density at radius 2 is 1.74 bits per heavy atom. The number of fused-ring (bicyclic) bond motifs is 3. The van der Waals surface area contributed by atoms with Crippen molar-refractivity contribution in [2.24, 2.45) is 0 Å². The summed E-state index contributed by atoms with van der Waals surface area (Å²) in [6.45, 7) is 0.161. The first-order valence-corrected chi connectivity index (χ1v) is 9.93. The van der Waals surface area contributed by atoms with E-state index in [1.165, 1.54) is 0 Å². The molecule has 0 atom stereocenters. The van der Waals surface area contributed by atoms with Gasteiger partial charge >= 0.3 is 0 Å². The smallest absolute Gasteiger partial charge is 0.231 e. The van der Waals surface area contributed by atoms with Crippen LogP contribution in [-0.2, 0) is 0 Å². The first-order chi connectivity index (χ1) is 15.3. The number of aromatic amines is 2. The number of imidazole rings is 1. The quantitative estimate of drug-likeness (QED) is 0.317. The number of aromatic nitrogens is 3. The molecule has 1 aliphatic rings. The second-order valence-electron chi connectivity index (χ2n) is 7.35. The van der Waals surface area contributed by atoms with Gasteiger partial charge in [0.15, 0.2) is 17.3 Å². The Balaban J connectivity index is 1.52. The molecule has 0 saturated carbocycles. The predicted octanol–water partition coefficient (Wildman–Crippen LogP) is 5.20. The van der Waals surface area contributed by atoms with E-state index >= 15 is 0 Å². The highest BCUT2D eigenvalue weighted by Crippen LogP contribution is 2.34. The largest absolute Gasteiger partial charge is 0.454 e. The minimum absolute atomic E-state index is 0.150. The number of carbonyl (C=O) groups excluding carboxylic acids is 1. The highest BCUT2D eigenvalue weighted by atomic mass is 16.7. The van der Waals surface area contributed by atoms with Crippen molar-refractivity contribution in [1.29, 1.82) is 0 Å². The molecule has 5 aromatic rings. The Labute approximate surface area is 177 Å². The number of hydrogen-bond donors (Lipinski definition) is 2. The summed E-state index contributed by atoms with van der Waals surface area (Å²) in [5.74, 6) is 1.58. The summed E-state index contributed by atoms with van der Waals surface area (Å²) in [5.41, 5.74) is 4.59. The van der Waals surface area contributed by atoms with Gasteiger partial charge in [-0.15, -0.1) is 0 Å². The summed E-state index contributed by atoms with van der Waals surface area (Å²) >= 11 is 0. The molecule has 0 saturated heterocycles. The Morgan fingerprint density at radius 3 is 2.65 bits per heavy atom. The van der Waals surface area contributed by atoms with Crippen molar-refractivity contribution >= 4 is 39.4 Å². The number of H-pyrrole nitrogens is 2. The van der Waals surface area contributed by atoms with E-state index in [4.69, 9.17) is 9.47 Å². The minimum atomic E-state index is -0.150. The molecule has 1 aliphatic heterocycles. The lowest BCUT2D eigenvalue weighted by Gasteiger charge is -2.06. The minimum Gasteiger partial charge on any atom is -0.454 e. The molecule has 0 unspecified atom stereocenters. The van der Waals surface area contributed by atoms with Gasteiger partial charge in [-0.05, 0) is 42.5 Å². The molecule has 0 spiro atoms. The number of Topliss-reactive ketones (excluding diaryl/α,β-unsaturated/α-hetero) is 1. The lowest BCUT2D eigenvalue weighted by molar-refractivity contribution is 0.105. The van der Waals surface area contributed by atoms with E-state index in [2.05, 4.69) is 15.0 Å². The third-order valence-corrected chi connectivity index (χ3v) is 5.44. The summed E-state index contributed by atoms with van der Waals surface area (Å²) in [5, 5.41) is 1.04. The van der Waals surface area contributed by atoms with Crippen molar-refractivity contribution in [3.05, 3.63) is 89.9 Å². The van der Waals surface area contributed by atoms with E-state index in [0.717, 1.165) is 27.5 Å². The van der Waals surface area contributed by atoms with Crippen LogP contribution in [0.2, 0.25) is 0 Å². The zero-order valence-electron chi connectivity index (χ0n) is 16.4. The highest BCUT2D eigenvalue weighted by molar-refractivity contribution is 6.32. The molecule has 0 fully saturated rings. The number of allylic oxidation sites excluding steroid dienone is 1. The number of benzene rings is 3. The van der Waals surface area contributed by atoms with Crippen molar-refractivity contribution in [1.82, 2.24) is 15.0 Å². The number of ether oxygens (including phenoxy) is 2. The van der Waals surface area contributed by atoms with Crippen molar-refractivity contribution in [2.75, 3.05) is 6.79 Å². The number of rotatable bonds is 4. The number of carbonyl (C=O) groups is 1. The number of ketones is 1. The van der Waals surface area contributed by atoms with E-state index in [0.29, 0.717) is 28.5 Å². The molecular weight excluding hydrogens is 390 g/mol. The van der Waals surface area contributed by atoms with E-state index in [-0.39, 0.29) is 12.6 Å². The second kappa shape index (κ2) is 6.88. The molecule has 6 rings (SSSR count). The zero-order chi connectivity index (χ0) is 20.8. The average molecular weight is 407 g/mol. The molecule has 150 valence electrons. The number of para-hydroxylation sites is 3. The van der Waals surface area contributed by atoms with Crippen molar-refractivity contribution < 1.29 is 14.3 Å². The van der Waals surface area contributed by atoms with Crippen LogP contribution < -0.4 is 9.47 Å². The van der Waals surface area contributed by atoms with Gasteiger partial charge in [0.1, 0.15) is 5.82 Å². The Bertz CT molecular complexity index is 1460. The standard InChI is InChI=1S/C25H17N3O3/c29-24(15-9-10-22-23(12-15)31-14-30-22)18(25-27-20-7-3-4-8-21(20)28-25)11-16-13-26-19-6-2-1-5-17(16)19/h1-13,26H,14H2,(H,27,28). The van der Waals surface area contributed by atoms with Gasteiger partial charge in [-0.1, -0.05) is 30.3 Å². The fourth-order valence-corrected chi connectivity index (χ4v) is 3.88. The summed E-state index contributed by atoms with van der Waals surface area (Å²) in [4.78, 5) is 24.9. The molecule has 2 N–H and O–H groups in total. The zero-order valence-corrected chi connectivity index (χ0v) is 16.4. The normalized spacial score (nSPS) is 13.2. The highest BCUT2D eigenvalue weighted by Gasteiger charge is 2.22. The number of nitrogens with zero attached hydrogens (tertiary/aromatic N) is 1. The lowest BCUT2D eigenvalue weighted by atomic mass is 9.99. The van der Waals surface area contributed by atoms with Crippen LogP contribution in [0.1, 0.15) is 21.7 Å². The van der Waals surface area contributed by atoms with E-state index < -0.39 is 0 Å². The molecule has 0 aliphatic carbocycles. The Morgan fingerprint density at radius 1 is 0.935 bits per heavy atom. The predicted molar refractivity (Wildman–Crippen MR) is 119 cm³/mol. The van der Waals surface area contributed by atoms with Gasteiger partial charge in [-0.2, -0.15) is 0 Å². The van der Waals surface area contributed by atoms with Crippen LogP contribution in [-0.4, -0.2) is 27.5 Å². The summed E-state index contributed by atoms with van der Waals surface area (Å²) in [6, 6.07) is 21.0. The SMILES string of the molecule is O=C(C(=Cc1c[nH]c2ccccc12)c1nc2ccccc2[nH]1)c1ccc2c(c1)OCO2. The molecule has 0 radical (unpaired) electrons. The first-order valence-electron chi connectivity index (χ1n) is 9.93. The lowest BCUT2D eigenvalue weighted by Crippen LogP contribution is -2.04. The Kier molecular flexibility index (Phi) is 3.89. The molecular formula is C25H17N3O3. The van der Waals surface area contributed by atoms with Gasteiger partial charge in [-0.25, -0.2) is 4.98 Å². The molecule has 2 aromatic heterocycles. The fourth-order valence-electron chi connectivity index (χ4n) is 3.88. The monoisotopic (exact) mass is 407 g/mol. The van der Waals surface area contributed by atoms with Crippen molar-refractivity contribution in [3.8, 4) is 11.5 Å². The van der Waals surface area contributed by atoms with Gasteiger partial charge in [0, 0.05) is 28.2 Å². The van der Waals surface area contributed by atoms with Gasteiger partial charge in [0.05, 0.1) is 16.6 Å². The summed E-state index contributed by atoms with van der Waals surface area (Å²) in [7, 11) is 0. The Hall–Kier alpha value is -4.32. The molecule has 3 heterocycles. The topological polar surface area (TPSA) is 80.0 Å². The second-order valence-corrected chi connectivity index (χ2v) is 7.35. The van der Waals surface area contributed by atoms with Crippen LogP contribution in [0.15, 0.2) is 72.9 Å². The molecule has 6 heteroatoms. The van der Waals surface area contributed by atoms with Crippen LogP contribution in [0.25, 0.3) is 33.6 Å². The number of hydrogen-bond acceptors (Lipinski definition) is 4. The molecule has 3 aromatic carbocycles. The van der Waals surface area contributed by atoms with Gasteiger partial charge in [0.25, 0.3) is 0 Å². The van der Waals surface area contributed by atoms with Crippen molar-refractivity contribution in [2.45, 2.75) is 0 Å². The van der Waals surface area contributed by atoms with Crippen LogP contribution in [0.4, 0.5) is 0 Å². The first kappa shape index (κ1) is 17.5. The van der Waals surface area contributed by atoms with Crippen molar-refractivity contribution in [3.63, 3.8) is 0 Å². The maximum atomic E-state index is 13.6.